The number of hydrogen-bond donors (Lipinski definition) is 0. The maximum atomic E-state index is 5.00. The lowest BCUT2D eigenvalue weighted by atomic mass is 9.94. The van der Waals surface area contributed by atoms with E-state index in [1.165, 1.54) is 43.8 Å². The van der Waals surface area contributed by atoms with Crippen molar-refractivity contribution in [1.82, 2.24) is 9.97 Å². The van der Waals surface area contributed by atoms with Crippen LogP contribution in [-0.2, 0) is 6.42 Å². The van der Waals surface area contributed by atoms with Gasteiger partial charge in [0, 0.05) is 22.2 Å². The SMILES string of the molecule is CCc1cc(-c2ccc(-c3ccc4c(ccc5ccccc54)c3)cc2)c2ccc3ccc(C)nc3c2n1. The first-order valence-electron chi connectivity index (χ1n) is 12.9. The summed E-state index contributed by atoms with van der Waals surface area (Å²) in [5.41, 5.74) is 8.93. The van der Waals surface area contributed by atoms with Gasteiger partial charge >= 0.3 is 0 Å². The van der Waals surface area contributed by atoms with E-state index in [0.29, 0.717) is 0 Å². The lowest BCUT2D eigenvalue weighted by Crippen LogP contribution is -1.95. The number of nitrogens with zero attached hydrogens (tertiary/aromatic N) is 2. The third-order valence-electron chi connectivity index (χ3n) is 7.47. The molecule has 2 heterocycles. The van der Waals surface area contributed by atoms with Gasteiger partial charge in [-0.15, -0.1) is 0 Å². The highest BCUT2D eigenvalue weighted by molar-refractivity contribution is 6.09. The number of hydrogen-bond acceptors (Lipinski definition) is 2. The van der Waals surface area contributed by atoms with Crippen molar-refractivity contribution >= 4 is 43.4 Å². The fourth-order valence-electron chi connectivity index (χ4n) is 5.48. The van der Waals surface area contributed by atoms with E-state index in [2.05, 4.69) is 116 Å². The van der Waals surface area contributed by atoms with Gasteiger partial charge < -0.3 is 0 Å². The van der Waals surface area contributed by atoms with E-state index in [-0.39, 0.29) is 0 Å². The van der Waals surface area contributed by atoms with Crippen LogP contribution in [0.15, 0.2) is 109 Å². The molecular formula is C35H26N2. The van der Waals surface area contributed by atoms with Gasteiger partial charge in [0.05, 0.1) is 11.0 Å². The monoisotopic (exact) mass is 474 g/mol. The average molecular weight is 475 g/mol. The van der Waals surface area contributed by atoms with Crippen LogP contribution in [0, 0.1) is 6.92 Å². The van der Waals surface area contributed by atoms with Crippen LogP contribution in [-0.4, -0.2) is 9.97 Å². The Hall–Kier alpha value is -4.56. The zero-order valence-electron chi connectivity index (χ0n) is 21.0. The van der Waals surface area contributed by atoms with Crippen LogP contribution < -0.4 is 0 Å². The van der Waals surface area contributed by atoms with Gasteiger partial charge in [0.25, 0.3) is 0 Å². The van der Waals surface area contributed by atoms with Gasteiger partial charge in [-0.2, -0.15) is 0 Å². The van der Waals surface area contributed by atoms with Crippen LogP contribution in [0.5, 0.6) is 0 Å². The highest BCUT2D eigenvalue weighted by atomic mass is 14.8. The van der Waals surface area contributed by atoms with E-state index in [4.69, 9.17) is 9.97 Å². The number of benzene rings is 5. The number of aromatic nitrogens is 2. The summed E-state index contributed by atoms with van der Waals surface area (Å²) >= 11 is 0. The Bertz CT molecular complexity index is 1970. The summed E-state index contributed by atoms with van der Waals surface area (Å²) in [5, 5.41) is 7.42. The molecule has 0 aliphatic carbocycles. The number of fused-ring (bicyclic) bond motifs is 6. The highest BCUT2D eigenvalue weighted by Gasteiger charge is 2.12. The summed E-state index contributed by atoms with van der Waals surface area (Å²) in [4.78, 5) is 9.85. The summed E-state index contributed by atoms with van der Waals surface area (Å²) in [6.07, 6.45) is 0.884. The Morgan fingerprint density at radius 3 is 2.05 bits per heavy atom. The first-order chi connectivity index (χ1) is 18.2. The van der Waals surface area contributed by atoms with Crippen LogP contribution in [0.1, 0.15) is 18.3 Å². The predicted molar refractivity (Wildman–Crippen MR) is 157 cm³/mol. The molecule has 0 N–H and O–H groups in total. The van der Waals surface area contributed by atoms with Crippen molar-refractivity contribution in [2.75, 3.05) is 0 Å². The van der Waals surface area contributed by atoms with Gasteiger partial charge in [0.2, 0.25) is 0 Å². The van der Waals surface area contributed by atoms with Gasteiger partial charge in [-0.05, 0) is 75.3 Å². The quantitative estimate of drug-likeness (QED) is 0.238. The molecule has 7 rings (SSSR count). The minimum absolute atomic E-state index is 0.884. The van der Waals surface area contributed by atoms with Gasteiger partial charge in [0.1, 0.15) is 0 Å². The maximum absolute atomic E-state index is 5.00. The van der Waals surface area contributed by atoms with E-state index >= 15 is 0 Å². The summed E-state index contributed by atoms with van der Waals surface area (Å²) < 4.78 is 0. The van der Waals surface area contributed by atoms with Crippen LogP contribution in [0.2, 0.25) is 0 Å². The van der Waals surface area contributed by atoms with Crippen molar-refractivity contribution in [3.8, 4) is 22.3 Å². The molecule has 2 aromatic heterocycles. The molecular weight excluding hydrogens is 448 g/mol. The molecule has 0 aliphatic rings. The molecule has 0 saturated carbocycles. The smallest absolute Gasteiger partial charge is 0.0974 e. The first-order valence-corrected chi connectivity index (χ1v) is 12.9. The molecule has 5 aromatic carbocycles. The lowest BCUT2D eigenvalue weighted by molar-refractivity contribution is 1.06. The summed E-state index contributed by atoms with van der Waals surface area (Å²) in [5.74, 6) is 0. The standard InChI is InChI=1S/C35H26N2/c1-3-29-21-33(32-19-16-26-9-8-22(2)36-34(26)35(32)37-29)25-12-10-23(11-13-25)27-17-18-31-28(20-27)15-14-24-6-4-5-7-30(24)31/h4-21H,3H2,1-2H3. The van der Waals surface area contributed by atoms with Crippen LogP contribution in [0.25, 0.3) is 65.6 Å². The fourth-order valence-corrected chi connectivity index (χ4v) is 5.48. The van der Waals surface area contributed by atoms with E-state index in [1.807, 2.05) is 6.92 Å². The topological polar surface area (TPSA) is 25.8 Å². The first kappa shape index (κ1) is 21.7. The fraction of sp³-hybridized carbons (Fsp3) is 0.0857. The Labute approximate surface area is 216 Å². The van der Waals surface area contributed by atoms with E-state index in [1.54, 1.807) is 0 Å². The van der Waals surface area contributed by atoms with Gasteiger partial charge in [-0.25, -0.2) is 0 Å². The molecule has 0 spiro atoms. The van der Waals surface area contributed by atoms with Crippen molar-refractivity contribution in [2.45, 2.75) is 20.3 Å². The molecule has 0 bridgehead atoms. The second kappa shape index (κ2) is 8.53. The number of aryl methyl sites for hydroxylation is 2. The van der Waals surface area contributed by atoms with Crippen molar-refractivity contribution in [1.29, 1.82) is 0 Å². The molecule has 37 heavy (non-hydrogen) atoms. The minimum Gasteiger partial charge on any atom is -0.251 e. The number of pyridine rings is 2. The average Bonchev–Trinajstić information content (AvgIpc) is 2.96. The third-order valence-corrected chi connectivity index (χ3v) is 7.47. The molecule has 0 saturated heterocycles. The van der Waals surface area contributed by atoms with E-state index in [9.17, 15) is 0 Å². The summed E-state index contributed by atoms with van der Waals surface area (Å²) in [6, 6.07) is 39.6. The second-order valence-electron chi connectivity index (χ2n) is 9.80. The molecule has 176 valence electrons. The zero-order valence-corrected chi connectivity index (χ0v) is 21.0. The molecule has 2 nitrogen and oxygen atoms in total. The predicted octanol–water partition coefficient (Wildman–Crippen LogP) is 9.29. The number of rotatable bonds is 3. The van der Waals surface area contributed by atoms with E-state index in [0.717, 1.165) is 39.6 Å². The molecule has 0 atom stereocenters. The normalized spacial score (nSPS) is 11.6. The van der Waals surface area contributed by atoms with Crippen molar-refractivity contribution in [2.24, 2.45) is 0 Å². The Morgan fingerprint density at radius 2 is 1.19 bits per heavy atom. The van der Waals surface area contributed by atoms with Gasteiger partial charge in [-0.3, -0.25) is 9.97 Å². The maximum Gasteiger partial charge on any atom is 0.0974 e. The van der Waals surface area contributed by atoms with Crippen molar-refractivity contribution in [3.05, 3.63) is 121 Å². The highest BCUT2D eigenvalue weighted by Crippen LogP contribution is 2.35. The molecule has 0 amide bonds. The zero-order chi connectivity index (χ0) is 24.9. The largest absolute Gasteiger partial charge is 0.251 e. The van der Waals surface area contributed by atoms with Crippen LogP contribution in [0.4, 0.5) is 0 Å². The summed E-state index contributed by atoms with van der Waals surface area (Å²) in [7, 11) is 0. The van der Waals surface area contributed by atoms with Crippen molar-refractivity contribution < 1.29 is 0 Å². The van der Waals surface area contributed by atoms with Crippen LogP contribution >= 0.6 is 0 Å². The molecule has 0 fully saturated rings. The second-order valence-corrected chi connectivity index (χ2v) is 9.80. The Balaban J connectivity index is 1.34. The third kappa shape index (κ3) is 3.65. The molecule has 0 unspecified atom stereocenters. The Morgan fingerprint density at radius 1 is 0.514 bits per heavy atom. The van der Waals surface area contributed by atoms with Gasteiger partial charge in [0.15, 0.2) is 0 Å². The van der Waals surface area contributed by atoms with Gasteiger partial charge in [-0.1, -0.05) is 97.9 Å². The van der Waals surface area contributed by atoms with Crippen molar-refractivity contribution in [3.63, 3.8) is 0 Å². The molecule has 0 aliphatic heterocycles. The van der Waals surface area contributed by atoms with E-state index < -0.39 is 0 Å². The molecule has 2 heteroatoms. The molecule has 7 aromatic rings. The molecule has 0 radical (unpaired) electrons. The minimum atomic E-state index is 0.884. The van der Waals surface area contributed by atoms with Crippen LogP contribution in [0.3, 0.4) is 0 Å². The summed E-state index contributed by atoms with van der Waals surface area (Å²) in [6.45, 7) is 4.20. The lowest BCUT2D eigenvalue weighted by Gasteiger charge is -2.12. The Kier molecular flexibility index (Phi) is 5.00.